The van der Waals surface area contributed by atoms with E-state index in [9.17, 15) is 9.59 Å². The summed E-state index contributed by atoms with van der Waals surface area (Å²) in [4.78, 5) is 33.0. The minimum atomic E-state index is -0.543. The molecule has 1 atom stereocenters. The number of nitrogens with zero attached hydrogens (tertiary/aromatic N) is 2. The first-order valence-corrected chi connectivity index (χ1v) is 11.0. The Morgan fingerprint density at radius 1 is 1.32 bits per heavy atom. The zero-order valence-electron chi connectivity index (χ0n) is 15.0. The average Bonchev–Trinajstić information content (AvgIpc) is 3.42. The van der Waals surface area contributed by atoms with E-state index in [0.29, 0.717) is 20.6 Å². The van der Waals surface area contributed by atoms with E-state index in [-0.39, 0.29) is 12.2 Å². The zero-order chi connectivity index (χ0) is 19.7. The number of carbonyl (C=O) groups excluding carboxylic acids is 1. The van der Waals surface area contributed by atoms with Gasteiger partial charge in [-0.05, 0) is 35.9 Å². The van der Waals surface area contributed by atoms with Crippen molar-refractivity contribution in [1.82, 2.24) is 4.57 Å². The monoisotopic (exact) mass is 428 g/mol. The number of rotatable bonds is 5. The molecular formula is C20H16N2O3S3. The summed E-state index contributed by atoms with van der Waals surface area (Å²) in [5.74, 6) is -0.480. The van der Waals surface area contributed by atoms with Gasteiger partial charge >= 0.3 is 5.97 Å². The number of thiophene rings is 2. The van der Waals surface area contributed by atoms with Gasteiger partial charge in [-0.3, -0.25) is 9.36 Å². The highest BCUT2D eigenvalue weighted by atomic mass is 32.1. The summed E-state index contributed by atoms with van der Waals surface area (Å²) in [7, 11) is 0. The van der Waals surface area contributed by atoms with E-state index in [1.807, 2.05) is 41.1 Å². The van der Waals surface area contributed by atoms with Crippen molar-refractivity contribution in [3.63, 3.8) is 0 Å². The van der Waals surface area contributed by atoms with Crippen molar-refractivity contribution in [3.05, 3.63) is 88.4 Å². The molecule has 4 rings (SSSR count). The molecule has 28 heavy (non-hydrogen) atoms. The van der Waals surface area contributed by atoms with Gasteiger partial charge in [0.25, 0.3) is 5.56 Å². The van der Waals surface area contributed by atoms with Gasteiger partial charge in [-0.1, -0.05) is 36.1 Å². The van der Waals surface area contributed by atoms with Crippen LogP contribution in [0.4, 0.5) is 0 Å². The maximum absolute atomic E-state index is 13.2. The number of hydrogen-bond acceptors (Lipinski definition) is 7. The van der Waals surface area contributed by atoms with Gasteiger partial charge in [-0.25, -0.2) is 9.79 Å². The maximum atomic E-state index is 13.2. The number of fused-ring (bicyclic) bond motifs is 1. The Morgan fingerprint density at radius 2 is 2.11 bits per heavy atom. The van der Waals surface area contributed by atoms with Gasteiger partial charge in [0.05, 0.1) is 15.8 Å². The van der Waals surface area contributed by atoms with E-state index in [0.717, 1.165) is 9.75 Å². The molecule has 0 saturated heterocycles. The number of hydrogen-bond donors (Lipinski definition) is 0. The second-order valence-electron chi connectivity index (χ2n) is 6.00. The smallest absolute Gasteiger partial charge is 0.338 e. The minimum absolute atomic E-state index is 0.107. The molecule has 0 aromatic carbocycles. The lowest BCUT2D eigenvalue weighted by molar-refractivity contribution is -0.138. The van der Waals surface area contributed by atoms with E-state index in [4.69, 9.17) is 4.74 Å². The van der Waals surface area contributed by atoms with Gasteiger partial charge in [-0.15, -0.1) is 22.7 Å². The maximum Gasteiger partial charge on any atom is 0.338 e. The van der Waals surface area contributed by atoms with Crippen molar-refractivity contribution >= 4 is 46.1 Å². The summed E-state index contributed by atoms with van der Waals surface area (Å²) in [6, 6.07) is 7.19. The molecule has 1 unspecified atom stereocenters. The van der Waals surface area contributed by atoms with Gasteiger partial charge in [0, 0.05) is 9.75 Å². The van der Waals surface area contributed by atoms with Crippen LogP contribution in [0.3, 0.4) is 0 Å². The summed E-state index contributed by atoms with van der Waals surface area (Å²) in [5.41, 5.74) is 0.799. The van der Waals surface area contributed by atoms with Crippen LogP contribution in [0.5, 0.6) is 0 Å². The lowest BCUT2D eigenvalue weighted by atomic mass is 10.0. The molecule has 4 heterocycles. The molecule has 1 aliphatic heterocycles. The molecule has 0 N–H and O–H groups in total. The number of aromatic nitrogens is 1. The minimum Gasteiger partial charge on any atom is -0.458 e. The second-order valence-corrected chi connectivity index (χ2v) is 8.97. The molecular weight excluding hydrogens is 412 g/mol. The van der Waals surface area contributed by atoms with Crippen molar-refractivity contribution in [2.24, 2.45) is 4.99 Å². The molecule has 0 fully saturated rings. The topological polar surface area (TPSA) is 60.7 Å². The van der Waals surface area contributed by atoms with Crippen LogP contribution in [0.2, 0.25) is 0 Å². The Balaban J connectivity index is 1.92. The summed E-state index contributed by atoms with van der Waals surface area (Å²) in [6.07, 6.45) is 3.39. The standard InChI is InChI=1S/C20H16N2O3S3/c1-3-8-25-19(24)16-12(2)21-20-22(17(16)14-7-5-10-27-14)18(23)15(28-20)11-13-6-4-9-26-13/h3-7,9-11,17H,1,8H2,2H3/b15-11-. The molecule has 8 heteroatoms. The lowest BCUT2D eigenvalue weighted by Crippen LogP contribution is -2.39. The first kappa shape index (κ1) is 18.8. The van der Waals surface area contributed by atoms with Crippen LogP contribution in [-0.2, 0) is 9.53 Å². The van der Waals surface area contributed by atoms with Gasteiger partial charge in [0.15, 0.2) is 4.80 Å². The van der Waals surface area contributed by atoms with E-state index >= 15 is 0 Å². The van der Waals surface area contributed by atoms with Crippen molar-refractivity contribution < 1.29 is 9.53 Å². The highest BCUT2D eigenvalue weighted by Crippen LogP contribution is 2.33. The third kappa shape index (κ3) is 3.34. The first-order chi connectivity index (χ1) is 13.6. The predicted octanol–water partition coefficient (Wildman–Crippen LogP) is 3.09. The van der Waals surface area contributed by atoms with E-state index < -0.39 is 12.0 Å². The fourth-order valence-electron chi connectivity index (χ4n) is 3.01. The van der Waals surface area contributed by atoms with Gasteiger partial charge in [-0.2, -0.15) is 0 Å². The normalized spacial score (nSPS) is 16.6. The lowest BCUT2D eigenvalue weighted by Gasteiger charge is -2.23. The second kappa shape index (κ2) is 7.83. The van der Waals surface area contributed by atoms with Crippen LogP contribution in [0.25, 0.3) is 6.08 Å². The Kier molecular flexibility index (Phi) is 5.25. The summed E-state index contributed by atoms with van der Waals surface area (Å²) < 4.78 is 7.49. The van der Waals surface area contributed by atoms with Gasteiger partial charge in [0.2, 0.25) is 0 Å². The molecule has 0 bridgehead atoms. The number of thiazole rings is 1. The summed E-state index contributed by atoms with van der Waals surface area (Å²) in [6.45, 7) is 5.47. The molecule has 3 aromatic heterocycles. The van der Waals surface area contributed by atoms with Crippen LogP contribution in [0.15, 0.2) is 68.7 Å². The Morgan fingerprint density at radius 3 is 2.79 bits per heavy atom. The van der Waals surface area contributed by atoms with Crippen LogP contribution in [-0.4, -0.2) is 17.1 Å². The Labute approximate surface area is 172 Å². The molecule has 0 aliphatic carbocycles. The van der Waals surface area contributed by atoms with E-state index in [2.05, 4.69) is 11.6 Å². The largest absolute Gasteiger partial charge is 0.458 e. The molecule has 3 aromatic rings. The summed E-state index contributed by atoms with van der Waals surface area (Å²) >= 11 is 4.40. The van der Waals surface area contributed by atoms with Crippen LogP contribution >= 0.6 is 34.0 Å². The van der Waals surface area contributed by atoms with Crippen molar-refractivity contribution in [1.29, 1.82) is 0 Å². The zero-order valence-corrected chi connectivity index (χ0v) is 17.4. The van der Waals surface area contributed by atoms with Crippen LogP contribution < -0.4 is 14.9 Å². The van der Waals surface area contributed by atoms with Crippen LogP contribution in [0, 0.1) is 0 Å². The Hall–Kier alpha value is -2.55. The molecule has 5 nitrogen and oxygen atoms in total. The van der Waals surface area contributed by atoms with Crippen molar-refractivity contribution in [2.45, 2.75) is 13.0 Å². The molecule has 0 spiro atoms. The third-order valence-electron chi connectivity index (χ3n) is 4.20. The number of esters is 1. The highest BCUT2D eigenvalue weighted by Gasteiger charge is 2.33. The van der Waals surface area contributed by atoms with Crippen molar-refractivity contribution in [3.8, 4) is 0 Å². The number of carbonyl (C=O) groups is 1. The molecule has 142 valence electrons. The third-order valence-corrected chi connectivity index (χ3v) is 6.93. The molecule has 1 aliphatic rings. The Bertz CT molecular complexity index is 1230. The van der Waals surface area contributed by atoms with Crippen LogP contribution in [0.1, 0.15) is 22.7 Å². The quantitative estimate of drug-likeness (QED) is 0.464. The van der Waals surface area contributed by atoms with Gasteiger partial charge < -0.3 is 4.74 Å². The highest BCUT2D eigenvalue weighted by molar-refractivity contribution is 7.11. The average molecular weight is 429 g/mol. The molecule has 0 saturated carbocycles. The molecule has 0 radical (unpaired) electrons. The summed E-state index contributed by atoms with van der Waals surface area (Å²) in [5, 5.41) is 3.90. The molecule has 0 amide bonds. The van der Waals surface area contributed by atoms with Crippen molar-refractivity contribution in [2.75, 3.05) is 6.61 Å². The predicted molar refractivity (Wildman–Crippen MR) is 114 cm³/mol. The first-order valence-electron chi connectivity index (χ1n) is 8.47. The van der Waals surface area contributed by atoms with E-state index in [1.165, 1.54) is 28.7 Å². The van der Waals surface area contributed by atoms with Gasteiger partial charge in [0.1, 0.15) is 12.6 Å². The fourth-order valence-corrected chi connectivity index (χ4v) is 5.61. The number of allylic oxidation sites excluding steroid dienone is 1. The fraction of sp³-hybridized carbons (Fsp3) is 0.150. The SMILES string of the molecule is C=CCOC(=O)C1=C(C)N=c2s/c(=C\c3cccs3)c(=O)n2C1c1cccs1. The number of ether oxygens (including phenoxy) is 1. The van der Waals surface area contributed by atoms with E-state index in [1.54, 1.807) is 22.8 Å².